The molecule has 0 aromatic heterocycles. The Balaban J connectivity index is 0.00000288. The van der Waals surface area contributed by atoms with Crippen LogP contribution < -0.4 is 15.2 Å². The predicted molar refractivity (Wildman–Crippen MR) is 98.7 cm³/mol. The van der Waals surface area contributed by atoms with Crippen LogP contribution in [0.4, 0.5) is 0 Å². The lowest BCUT2D eigenvalue weighted by atomic mass is 10.3. The van der Waals surface area contributed by atoms with E-state index in [0.29, 0.717) is 29.5 Å². The number of rotatable bonds is 7. The molecule has 0 aliphatic carbocycles. The zero-order valence-corrected chi connectivity index (χ0v) is 15.5. The van der Waals surface area contributed by atoms with Crippen molar-refractivity contribution in [3.8, 4) is 11.5 Å². The molecule has 0 heterocycles. The first kappa shape index (κ1) is 20.7. The van der Waals surface area contributed by atoms with Crippen LogP contribution in [0.25, 0.3) is 0 Å². The van der Waals surface area contributed by atoms with Gasteiger partial charge < -0.3 is 10.5 Å². The van der Waals surface area contributed by atoms with Gasteiger partial charge in [0.05, 0.1) is 4.90 Å². The van der Waals surface area contributed by atoms with Gasteiger partial charge in [-0.15, -0.1) is 12.4 Å². The van der Waals surface area contributed by atoms with E-state index in [9.17, 15) is 8.42 Å². The number of nitrogens with one attached hydrogen (secondary N) is 1. The lowest BCUT2D eigenvalue weighted by Gasteiger charge is -2.10. The fourth-order valence-electron chi connectivity index (χ4n) is 1.86. The Bertz CT molecular complexity index is 750. The summed E-state index contributed by atoms with van der Waals surface area (Å²) in [6.45, 7) is 2.14. The largest absolute Gasteiger partial charge is 0.457 e. The molecule has 0 saturated carbocycles. The summed E-state index contributed by atoms with van der Waals surface area (Å²) in [6.07, 6.45) is 0.579. The molecule has 2 aromatic carbocycles. The molecular weight excluding hydrogens is 371 g/mol. The molecule has 0 fully saturated rings. The summed E-state index contributed by atoms with van der Waals surface area (Å²) in [5, 5.41) is 0.569. The molecular formula is C16H20Cl2N2O3S. The Morgan fingerprint density at radius 1 is 1.17 bits per heavy atom. The van der Waals surface area contributed by atoms with Crippen LogP contribution in [0, 0.1) is 0 Å². The molecule has 2 aromatic rings. The summed E-state index contributed by atoms with van der Waals surface area (Å²) in [6, 6.07) is 13.1. The van der Waals surface area contributed by atoms with E-state index < -0.39 is 10.0 Å². The Hall–Kier alpha value is -1.31. The highest BCUT2D eigenvalue weighted by molar-refractivity contribution is 7.89. The van der Waals surface area contributed by atoms with Crippen LogP contribution in [0.5, 0.6) is 11.5 Å². The van der Waals surface area contributed by atoms with Gasteiger partial charge in [0, 0.05) is 17.6 Å². The minimum absolute atomic E-state index is 0. The smallest absolute Gasteiger partial charge is 0.240 e. The van der Waals surface area contributed by atoms with Crippen molar-refractivity contribution in [2.24, 2.45) is 5.73 Å². The average molecular weight is 391 g/mol. The number of hydrogen-bond acceptors (Lipinski definition) is 4. The number of nitrogens with two attached hydrogens (primary N) is 1. The molecule has 1 unspecified atom stereocenters. The van der Waals surface area contributed by atoms with Crippen molar-refractivity contribution >= 4 is 34.0 Å². The minimum atomic E-state index is -3.53. The van der Waals surface area contributed by atoms with Crippen LogP contribution in [0.15, 0.2) is 53.4 Å². The van der Waals surface area contributed by atoms with E-state index in [2.05, 4.69) is 4.72 Å². The van der Waals surface area contributed by atoms with Gasteiger partial charge in [-0.1, -0.05) is 17.7 Å². The molecule has 0 aliphatic rings. The van der Waals surface area contributed by atoms with Gasteiger partial charge in [-0.2, -0.15) is 0 Å². The van der Waals surface area contributed by atoms with Crippen LogP contribution >= 0.6 is 24.0 Å². The third kappa shape index (κ3) is 6.30. The maximum absolute atomic E-state index is 12.1. The second kappa shape index (κ2) is 9.25. The topological polar surface area (TPSA) is 81.4 Å². The highest BCUT2D eigenvalue weighted by Gasteiger charge is 2.13. The monoisotopic (exact) mass is 390 g/mol. The summed E-state index contributed by atoms with van der Waals surface area (Å²) in [5.41, 5.74) is 5.60. The molecule has 24 heavy (non-hydrogen) atoms. The van der Waals surface area contributed by atoms with E-state index in [-0.39, 0.29) is 23.3 Å². The third-order valence-corrected chi connectivity index (χ3v) is 4.77. The first-order valence-electron chi connectivity index (χ1n) is 7.15. The first-order valence-corrected chi connectivity index (χ1v) is 9.02. The van der Waals surface area contributed by atoms with Crippen LogP contribution in [-0.4, -0.2) is 21.0 Å². The molecule has 0 amide bonds. The summed E-state index contributed by atoms with van der Waals surface area (Å²) in [5.74, 6) is 1.12. The SMILES string of the molecule is CC(N)CCNS(=O)(=O)c1ccc(Oc2cccc(Cl)c2)cc1.Cl. The van der Waals surface area contributed by atoms with Crippen molar-refractivity contribution in [2.45, 2.75) is 24.3 Å². The van der Waals surface area contributed by atoms with Crippen molar-refractivity contribution in [1.82, 2.24) is 4.72 Å². The maximum atomic E-state index is 12.1. The molecule has 0 bridgehead atoms. The summed E-state index contributed by atoms with van der Waals surface area (Å²) in [4.78, 5) is 0.181. The molecule has 1 atom stereocenters. The molecule has 132 valence electrons. The fourth-order valence-corrected chi connectivity index (χ4v) is 3.09. The van der Waals surface area contributed by atoms with Crippen LogP contribution in [-0.2, 0) is 10.0 Å². The second-order valence-corrected chi connectivity index (χ2v) is 7.40. The number of ether oxygens (including phenoxy) is 1. The Labute approximate surface area is 153 Å². The number of hydrogen-bond donors (Lipinski definition) is 2. The predicted octanol–water partition coefficient (Wildman–Crippen LogP) is 3.57. The van der Waals surface area contributed by atoms with Gasteiger partial charge in [-0.05, 0) is 55.8 Å². The van der Waals surface area contributed by atoms with Crippen LogP contribution in [0.3, 0.4) is 0 Å². The van der Waals surface area contributed by atoms with E-state index in [0.717, 1.165) is 0 Å². The molecule has 3 N–H and O–H groups in total. The van der Waals surface area contributed by atoms with E-state index in [1.54, 1.807) is 36.4 Å². The van der Waals surface area contributed by atoms with Gasteiger partial charge >= 0.3 is 0 Å². The second-order valence-electron chi connectivity index (χ2n) is 5.19. The number of halogens is 2. The van der Waals surface area contributed by atoms with E-state index in [1.807, 2.05) is 6.92 Å². The molecule has 8 heteroatoms. The highest BCUT2D eigenvalue weighted by Crippen LogP contribution is 2.25. The Morgan fingerprint density at radius 2 is 1.83 bits per heavy atom. The third-order valence-electron chi connectivity index (χ3n) is 3.06. The minimum Gasteiger partial charge on any atom is -0.457 e. The van der Waals surface area contributed by atoms with E-state index in [1.165, 1.54) is 12.1 Å². The first-order chi connectivity index (χ1) is 10.9. The van der Waals surface area contributed by atoms with Gasteiger partial charge in [0.15, 0.2) is 0 Å². The molecule has 0 radical (unpaired) electrons. The molecule has 5 nitrogen and oxygen atoms in total. The maximum Gasteiger partial charge on any atom is 0.240 e. The summed E-state index contributed by atoms with van der Waals surface area (Å²) >= 11 is 5.89. The Morgan fingerprint density at radius 3 is 2.42 bits per heavy atom. The zero-order chi connectivity index (χ0) is 16.9. The zero-order valence-electron chi connectivity index (χ0n) is 13.1. The quantitative estimate of drug-likeness (QED) is 0.756. The van der Waals surface area contributed by atoms with Gasteiger partial charge in [0.2, 0.25) is 10.0 Å². The number of sulfonamides is 1. The van der Waals surface area contributed by atoms with Crippen LogP contribution in [0.2, 0.25) is 5.02 Å². The molecule has 0 saturated heterocycles. The van der Waals surface area contributed by atoms with Crippen molar-refractivity contribution in [3.63, 3.8) is 0 Å². The van der Waals surface area contributed by atoms with E-state index in [4.69, 9.17) is 22.1 Å². The van der Waals surface area contributed by atoms with Gasteiger partial charge in [0.1, 0.15) is 11.5 Å². The Kier molecular flexibility index (Phi) is 7.99. The van der Waals surface area contributed by atoms with Crippen molar-refractivity contribution < 1.29 is 13.2 Å². The van der Waals surface area contributed by atoms with Gasteiger partial charge in [-0.25, -0.2) is 13.1 Å². The van der Waals surface area contributed by atoms with Crippen molar-refractivity contribution in [1.29, 1.82) is 0 Å². The fraction of sp³-hybridized carbons (Fsp3) is 0.250. The number of benzene rings is 2. The molecule has 0 spiro atoms. The average Bonchev–Trinajstić information content (AvgIpc) is 2.47. The normalized spacial score (nSPS) is 12.3. The standard InChI is InChI=1S/C16H19ClN2O3S.ClH/c1-12(18)9-10-19-23(20,21)16-7-5-14(6-8-16)22-15-4-2-3-13(17)11-15;/h2-8,11-12,19H,9-10,18H2,1H3;1H. The lowest BCUT2D eigenvalue weighted by Crippen LogP contribution is -2.29. The molecule has 0 aliphatic heterocycles. The van der Waals surface area contributed by atoms with Crippen molar-refractivity contribution in [3.05, 3.63) is 53.6 Å². The highest BCUT2D eigenvalue weighted by atomic mass is 35.5. The van der Waals surface area contributed by atoms with Crippen LogP contribution in [0.1, 0.15) is 13.3 Å². The summed E-state index contributed by atoms with van der Waals surface area (Å²) in [7, 11) is -3.53. The van der Waals surface area contributed by atoms with Gasteiger partial charge in [-0.3, -0.25) is 0 Å². The lowest BCUT2D eigenvalue weighted by molar-refractivity contribution is 0.482. The summed E-state index contributed by atoms with van der Waals surface area (Å²) < 4.78 is 32.4. The van der Waals surface area contributed by atoms with Gasteiger partial charge in [0.25, 0.3) is 0 Å². The molecule has 2 rings (SSSR count). The van der Waals surface area contributed by atoms with E-state index >= 15 is 0 Å². The van der Waals surface area contributed by atoms with Crippen molar-refractivity contribution in [2.75, 3.05) is 6.54 Å².